The predicted molar refractivity (Wildman–Crippen MR) is 575 cm³/mol. The molecule has 141 heavy (non-hydrogen) atoms. The number of nitrogens with one attached hydrogen (secondary N) is 1. The topological polar surface area (TPSA) is 136 Å². The molecule has 10 aromatic carbocycles. The molecule has 14 aromatic rings. The van der Waals surface area contributed by atoms with E-state index in [9.17, 15) is 0 Å². The van der Waals surface area contributed by atoms with Gasteiger partial charge in [-0.1, -0.05) is 200 Å². The van der Waals surface area contributed by atoms with E-state index in [2.05, 4.69) is 329 Å². The zero-order valence-electron chi connectivity index (χ0n) is 83.5. The molecule has 4 saturated heterocycles. The van der Waals surface area contributed by atoms with Gasteiger partial charge in [-0.25, -0.2) is 0 Å². The Balaban J connectivity index is 0.000000120. The molecule has 0 atom stereocenters. The van der Waals surface area contributed by atoms with Gasteiger partial charge in [-0.3, -0.25) is 39.5 Å². The van der Waals surface area contributed by atoms with Gasteiger partial charge in [0.25, 0.3) is 0 Å². The molecule has 4 aromatic heterocycles. The van der Waals surface area contributed by atoms with Crippen molar-refractivity contribution in [2.24, 2.45) is 0 Å². The van der Waals surface area contributed by atoms with E-state index in [1.807, 2.05) is 61.2 Å². The van der Waals surface area contributed by atoms with E-state index in [0.717, 1.165) is 236 Å². The number of allylic oxidation sites excluding steroid dienone is 4. The predicted octanol–water partition coefficient (Wildman–Crippen LogP) is 21.9. The monoisotopic (exact) mass is 1870 g/mol. The normalized spacial score (nSPS) is 16.1. The highest BCUT2D eigenvalue weighted by Crippen LogP contribution is 2.45. The molecule has 0 unspecified atom stereocenters. The summed E-state index contributed by atoms with van der Waals surface area (Å²) < 4.78 is 28.2. The Morgan fingerprint density at radius 2 is 0.610 bits per heavy atom. The van der Waals surface area contributed by atoms with Crippen LogP contribution in [0.3, 0.4) is 0 Å². The van der Waals surface area contributed by atoms with Gasteiger partial charge in [-0.05, 0) is 227 Å². The average molecular weight is 1870 g/mol. The number of pyridine rings is 4. The fraction of sp³-hybridized carbons (Fsp3) is 0.285. The van der Waals surface area contributed by atoms with Crippen LogP contribution in [0.5, 0.6) is 28.7 Å². The summed E-state index contributed by atoms with van der Waals surface area (Å²) >= 11 is 0. The molecule has 8 aliphatic rings. The fourth-order valence-electron chi connectivity index (χ4n) is 20.1. The Labute approximate surface area is 833 Å². The third-order valence-electron chi connectivity index (χ3n) is 28.8. The van der Waals surface area contributed by atoms with Crippen molar-refractivity contribution in [2.75, 3.05) is 167 Å². The average Bonchev–Trinajstić information content (AvgIpc) is 1.66. The molecule has 18 nitrogen and oxygen atoms in total. The second-order valence-electron chi connectivity index (χ2n) is 38.7. The van der Waals surface area contributed by atoms with Gasteiger partial charge in [0, 0.05) is 237 Å². The number of likely N-dealkylation sites (N-methyl/N-ethyl adjacent to an activating group) is 4. The highest BCUT2D eigenvalue weighted by molar-refractivity contribution is 5.91. The minimum absolute atomic E-state index is 0.566. The summed E-state index contributed by atoms with van der Waals surface area (Å²) in [5, 5.41) is 3.54. The van der Waals surface area contributed by atoms with Gasteiger partial charge >= 0.3 is 0 Å². The summed E-state index contributed by atoms with van der Waals surface area (Å²) in [5.41, 5.74) is 39.7. The Kier molecular flexibility index (Phi) is 30.8. The van der Waals surface area contributed by atoms with Gasteiger partial charge in [-0.15, -0.1) is 0 Å². The van der Waals surface area contributed by atoms with Gasteiger partial charge in [0.05, 0.1) is 51.2 Å². The number of rotatable bonds is 25. The van der Waals surface area contributed by atoms with Gasteiger partial charge in [0.1, 0.15) is 18.1 Å². The quantitative estimate of drug-likeness (QED) is 0.0581. The number of methoxy groups -OCH3 is 4. The van der Waals surface area contributed by atoms with Crippen LogP contribution in [0.1, 0.15) is 106 Å². The summed E-state index contributed by atoms with van der Waals surface area (Å²) in [6, 6.07) is 91.5. The van der Waals surface area contributed by atoms with Crippen LogP contribution < -0.4 is 29.0 Å². The largest absolute Gasteiger partial charge is 0.496 e. The molecule has 0 saturated carbocycles. The first-order chi connectivity index (χ1) is 69.0. The first-order valence-corrected chi connectivity index (χ1v) is 50.0. The molecule has 0 amide bonds. The number of hydrogen-bond donors (Lipinski definition) is 1. The highest BCUT2D eigenvalue weighted by Gasteiger charge is 2.28. The molecule has 4 aliphatic heterocycles. The molecule has 0 bridgehead atoms. The van der Waals surface area contributed by atoms with Crippen LogP contribution >= 0.6 is 0 Å². The third-order valence-corrected chi connectivity index (χ3v) is 28.8. The van der Waals surface area contributed by atoms with Crippen LogP contribution in [0.4, 0.5) is 11.4 Å². The van der Waals surface area contributed by atoms with Crippen LogP contribution in [-0.2, 0) is 58.5 Å². The Bertz CT molecular complexity index is 6780. The number of fused-ring (bicyclic) bond motifs is 4. The summed E-state index contributed by atoms with van der Waals surface area (Å²) in [6.45, 7) is 27.2. The second kappa shape index (κ2) is 45.2. The lowest BCUT2D eigenvalue weighted by Gasteiger charge is -2.32. The Hall–Kier alpha value is -13.8. The van der Waals surface area contributed by atoms with E-state index in [4.69, 9.17) is 43.6 Å². The standard InChI is InChI=1S/C33H34N4.C33H33N3O.C29H33N3O3.C28H31N3O/c1-24-6-12-29(13-7-24)35-30-5-3-4-27(20-30)31-14-15-33-32(31)21-28(22-34-33)26-10-8-25(9-11-26)23-37-18-16-36(2)17-19-37;1-35-16-18-36(19-17-35)23-25-10-12-27(13-11-25)29-21-32-31(14-15-33(32)34-22-29)28-8-5-9-30(20-28)37-24-26-6-3-2-4-7-26;1-31-11-13-32(14-12-31)19-20-5-7-21(8-6-20)23-15-25-24(9-10-26(25)30-18-23)22-16-27(33-2)29(35-4)28(17-22)34-3;1-20-16-23(8-11-28(20)32-3)25-9-10-27-26(25)17-24(18-29-27)22-6-4-21(5-7-22)19-31-14-12-30(2)13-15-31/h3-14,20-22,35H,15-19,23H2,1-2H3;2-14,20-22H,15-19,23-24H2,1H3;5-9,15-18H,10-14,19H2,1-4H3;4-9,11,16-18H,10,12-15,19H2,1-3H3. The number of ether oxygens (including phenoxy) is 5. The van der Waals surface area contributed by atoms with Crippen LogP contribution in [0.2, 0.25) is 0 Å². The smallest absolute Gasteiger partial charge is 0.203 e. The lowest BCUT2D eigenvalue weighted by Crippen LogP contribution is -2.43. The first-order valence-electron chi connectivity index (χ1n) is 50.0. The zero-order valence-corrected chi connectivity index (χ0v) is 83.5. The van der Waals surface area contributed by atoms with Crippen molar-refractivity contribution >= 4 is 33.7 Å². The van der Waals surface area contributed by atoms with Gasteiger partial charge in [-0.2, -0.15) is 0 Å². The maximum Gasteiger partial charge on any atom is 0.203 e. The number of anilines is 2. The summed E-state index contributed by atoms with van der Waals surface area (Å²) in [5.74, 6) is 3.71. The Morgan fingerprint density at radius 3 is 0.965 bits per heavy atom. The van der Waals surface area contributed by atoms with E-state index < -0.39 is 0 Å². The number of nitrogens with zero attached hydrogens (tertiary/aromatic N) is 12. The minimum Gasteiger partial charge on any atom is -0.496 e. The Morgan fingerprint density at radius 1 is 0.270 bits per heavy atom. The number of benzene rings is 10. The van der Waals surface area contributed by atoms with Gasteiger partial charge in [0.2, 0.25) is 5.75 Å². The minimum atomic E-state index is 0.566. The maximum atomic E-state index is 6.10. The second-order valence-corrected chi connectivity index (χ2v) is 38.7. The molecule has 18 heteroatoms. The molecule has 1 N–H and O–H groups in total. The van der Waals surface area contributed by atoms with Gasteiger partial charge in [0.15, 0.2) is 11.5 Å². The van der Waals surface area contributed by atoms with Crippen molar-refractivity contribution in [3.05, 3.63) is 410 Å². The van der Waals surface area contributed by atoms with E-state index in [0.29, 0.717) is 23.9 Å². The number of aryl methyl sites for hydroxylation is 2. The van der Waals surface area contributed by atoms with Crippen LogP contribution in [0.15, 0.2) is 304 Å². The molecule has 0 radical (unpaired) electrons. The maximum absolute atomic E-state index is 6.10. The van der Waals surface area contributed by atoms with Crippen molar-refractivity contribution in [2.45, 2.75) is 72.3 Å². The van der Waals surface area contributed by atoms with E-state index >= 15 is 0 Å². The van der Waals surface area contributed by atoms with E-state index in [-0.39, 0.29) is 0 Å². The molecule has 4 aliphatic carbocycles. The molecule has 22 rings (SSSR count). The number of hydrogen-bond acceptors (Lipinski definition) is 18. The fourth-order valence-corrected chi connectivity index (χ4v) is 20.1. The molecule has 8 heterocycles. The van der Waals surface area contributed by atoms with Gasteiger partial charge < -0.3 is 48.6 Å². The van der Waals surface area contributed by atoms with Crippen molar-refractivity contribution in [3.8, 4) is 73.3 Å². The third kappa shape index (κ3) is 23.8. The van der Waals surface area contributed by atoms with Crippen molar-refractivity contribution in [1.82, 2.24) is 59.1 Å². The molecule has 4 fully saturated rings. The van der Waals surface area contributed by atoms with Crippen LogP contribution in [0, 0.1) is 13.8 Å². The molecular formula is C123H131N13O5. The first kappa shape index (κ1) is 96.1. The molecular weight excluding hydrogens is 1740 g/mol. The SMILES string of the molecule is CN1CCN(Cc2ccc(-c3cnc4c(c3)C(c3cccc(OCc5ccccc5)c3)=CC4)cc2)CC1.COc1cc(C2=CCc3ncc(-c4ccc(CN5CCN(C)CC5)cc4)cc32)cc(OC)c1OC.COc1ccc(C2=CCc3ncc(-c4ccc(CN5CCN(C)CC5)cc4)cc32)cc1C.Cc1ccc(Nc2cccc(C3=CCc4ncc(-c5ccc(CN6CCN(C)CC6)cc5)cc43)c2)cc1. The van der Waals surface area contributed by atoms with Crippen LogP contribution in [0.25, 0.3) is 66.8 Å². The number of piperazine rings is 4. The summed E-state index contributed by atoms with van der Waals surface area (Å²) in [6.07, 6.45) is 20.6. The van der Waals surface area contributed by atoms with Crippen molar-refractivity contribution < 1.29 is 23.7 Å². The van der Waals surface area contributed by atoms with E-state index in [1.54, 1.807) is 28.4 Å². The highest BCUT2D eigenvalue weighted by atomic mass is 16.5. The zero-order chi connectivity index (χ0) is 96.7. The summed E-state index contributed by atoms with van der Waals surface area (Å²) in [4.78, 5) is 39.0. The van der Waals surface area contributed by atoms with Crippen molar-refractivity contribution in [1.29, 1.82) is 0 Å². The molecule has 718 valence electrons. The summed E-state index contributed by atoms with van der Waals surface area (Å²) in [7, 11) is 15.4. The van der Waals surface area contributed by atoms with Crippen molar-refractivity contribution in [3.63, 3.8) is 0 Å². The van der Waals surface area contributed by atoms with Crippen LogP contribution in [-0.4, -0.2) is 220 Å². The number of aromatic nitrogens is 4. The lowest BCUT2D eigenvalue weighted by atomic mass is 9.96. The molecule has 0 spiro atoms. The van der Waals surface area contributed by atoms with E-state index in [1.165, 1.54) is 117 Å². The lowest BCUT2D eigenvalue weighted by molar-refractivity contribution is 0.148.